The molecule has 2 amide bonds. The van der Waals surface area contributed by atoms with Crippen LogP contribution in [-0.2, 0) is 14.5 Å². The molecule has 1 aliphatic carbocycles. The molecule has 4 aromatic rings. The molecule has 3 aromatic carbocycles. The van der Waals surface area contributed by atoms with Crippen LogP contribution in [0.15, 0.2) is 77.6 Å². The van der Waals surface area contributed by atoms with Crippen LogP contribution in [0, 0.1) is 5.41 Å². The molecule has 7 nitrogen and oxygen atoms in total. The zero-order valence-corrected chi connectivity index (χ0v) is 25.8. The molecule has 1 atom stereocenters. The third-order valence-corrected chi connectivity index (χ3v) is 11.0. The van der Waals surface area contributed by atoms with E-state index >= 15 is 0 Å². The van der Waals surface area contributed by atoms with E-state index in [0.29, 0.717) is 32.5 Å². The molecular formula is C35H38N4O3S. The number of amides is 2. The maximum absolute atomic E-state index is 14.3. The number of aromatic nitrogens is 2. The summed E-state index contributed by atoms with van der Waals surface area (Å²) < 4.78 is 1.85. The Hall–Kier alpha value is -3.78. The van der Waals surface area contributed by atoms with E-state index in [1.54, 1.807) is 11.8 Å². The molecule has 222 valence electrons. The number of carbonyl (C=O) groups excluding carboxylic acids is 2. The van der Waals surface area contributed by atoms with E-state index in [4.69, 9.17) is 0 Å². The first-order valence-corrected chi connectivity index (χ1v) is 16.2. The lowest BCUT2D eigenvalue weighted by molar-refractivity contribution is -0.137. The van der Waals surface area contributed by atoms with Crippen LogP contribution < -0.4 is 5.69 Å². The van der Waals surface area contributed by atoms with Crippen molar-refractivity contribution in [1.82, 2.24) is 19.4 Å². The summed E-state index contributed by atoms with van der Waals surface area (Å²) in [6.45, 7) is 8.40. The number of rotatable bonds is 5. The molecule has 2 fully saturated rings. The molecule has 43 heavy (non-hydrogen) atoms. The third-order valence-electron chi connectivity index (χ3n) is 9.36. The topological polar surface area (TPSA) is 78.4 Å². The molecule has 1 unspecified atom stereocenters. The maximum atomic E-state index is 14.3. The second kappa shape index (κ2) is 10.4. The van der Waals surface area contributed by atoms with Gasteiger partial charge in [0.05, 0.1) is 16.3 Å². The number of piperidine rings is 1. The van der Waals surface area contributed by atoms with Gasteiger partial charge in [-0.25, -0.2) is 4.79 Å². The van der Waals surface area contributed by atoms with Gasteiger partial charge in [0, 0.05) is 43.2 Å². The van der Waals surface area contributed by atoms with Crippen LogP contribution in [0.5, 0.6) is 0 Å². The molecule has 0 bridgehead atoms. The highest BCUT2D eigenvalue weighted by Crippen LogP contribution is 2.61. The minimum absolute atomic E-state index is 0.0166. The molecule has 1 spiro atoms. The summed E-state index contributed by atoms with van der Waals surface area (Å²) in [5, 5.41) is -0.458. The average molecular weight is 595 g/mol. The second-order valence-corrected chi connectivity index (χ2v) is 14.7. The van der Waals surface area contributed by atoms with E-state index < -0.39 is 10.1 Å². The molecule has 7 rings (SSSR count). The fourth-order valence-electron chi connectivity index (χ4n) is 7.18. The number of H-pyrrole nitrogens is 1. The molecule has 0 radical (unpaired) electrons. The van der Waals surface area contributed by atoms with Crippen LogP contribution in [0.25, 0.3) is 22.2 Å². The number of aromatic amines is 1. The first-order chi connectivity index (χ1) is 20.7. The van der Waals surface area contributed by atoms with Gasteiger partial charge in [-0.05, 0) is 47.9 Å². The summed E-state index contributed by atoms with van der Waals surface area (Å²) in [6, 6.07) is 24.6. The summed E-state index contributed by atoms with van der Waals surface area (Å²) in [6.07, 6.45) is 2.47. The highest BCUT2D eigenvalue weighted by Gasteiger charge is 2.58. The van der Waals surface area contributed by atoms with Crippen molar-refractivity contribution in [2.24, 2.45) is 5.41 Å². The number of fused-ring (bicyclic) bond motifs is 6. The van der Waals surface area contributed by atoms with Crippen LogP contribution >= 0.6 is 11.8 Å². The van der Waals surface area contributed by atoms with Crippen LogP contribution in [-0.4, -0.2) is 56.0 Å². The number of hydrogen-bond acceptors (Lipinski definition) is 4. The van der Waals surface area contributed by atoms with Crippen molar-refractivity contribution in [3.05, 3.63) is 94.4 Å². The number of nitrogens with zero attached hydrogens (tertiary/aromatic N) is 3. The minimum atomic E-state index is -0.635. The van der Waals surface area contributed by atoms with Crippen molar-refractivity contribution in [2.75, 3.05) is 19.6 Å². The lowest BCUT2D eigenvalue weighted by Crippen LogP contribution is -2.44. The smallest absolute Gasteiger partial charge is 0.326 e. The molecule has 1 N–H and O–H groups in total. The zero-order chi connectivity index (χ0) is 29.9. The van der Waals surface area contributed by atoms with Crippen molar-refractivity contribution < 1.29 is 9.59 Å². The zero-order valence-electron chi connectivity index (χ0n) is 25.0. The molecular weight excluding hydrogens is 556 g/mol. The Morgan fingerprint density at radius 3 is 2.16 bits per heavy atom. The molecule has 1 aromatic heterocycles. The van der Waals surface area contributed by atoms with Gasteiger partial charge in [0.1, 0.15) is 4.87 Å². The summed E-state index contributed by atoms with van der Waals surface area (Å²) in [4.78, 5) is 47.1. The third kappa shape index (κ3) is 4.62. The molecule has 3 aliphatic rings. The van der Waals surface area contributed by atoms with Gasteiger partial charge in [-0.1, -0.05) is 81.4 Å². The Balaban J connectivity index is 1.13. The largest absolute Gasteiger partial charge is 0.342 e. The summed E-state index contributed by atoms with van der Waals surface area (Å²) in [5.41, 5.74) is 6.32. The summed E-state index contributed by atoms with van der Waals surface area (Å²) >= 11 is 1.65. The summed E-state index contributed by atoms with van der Waals surface area (Å²) in [7, 11) is 0. The fourth-order valence-corrected chi connectivity index (χ4v) is 8.96. The van der Waals surface area contributed by atoms with Gasteiger partial charge in [-0.3, -0.25) is 14.2 Å². The Morgan fingerprint density at radius 2 is 1.51 bits per heavy atom. The average Bonchev–Trinajstić information content (AvgIpc) is 3.58. The highest BCUT2D eigenvalue weighted by atomic mass is 32.2. The van der Waals surface area contributed by atoms with Crippen molar-refractivity contribution >= 4 is 34.6 Å². The van der Waals surface area contributed by atoms with Gasteiger partial charge in [-0.15, -0.1) is 11.8 Å². The van der Waals surface area contributed by atoms with E-state index in [2.05, 4.69) is 79.2 Å². The SMILES string of the molecule is CC(C)(C)CCN1C(=O)C(CC(=O)N2CCC(n3c(=O)[nH]c4ccccc43)CC2)SC12c1ccccc1-c1ccccc12. The number of para-hydroxylation sites is 2. The first-order valence-electron chi connectivity index (χ1n) is 15.3. The first kappa shape index (κ1) is 28.0. The van der Waals surface area contributed by atoms with Crippen LogP contribution in [0.2, 0.25) is 0 Å². The van der Waals surface area contributed by atoms with E-state index in [0.717, 1.165) is 28.6 Å². The van der Waals surface area contributed by atoms with Crippen molar-refractivity contribution in [1.29, 1.82) is 0 Å². The number of likely N-dealkylation sites (tertiary alicyclic amines) is 1. The van der Waals surface area contributed by atoms with E-state index in [1.807, 2.05) is 33.7 Å². The van der Waals surface area contributed by atoms with Crippen LogP contribution in [0.4, 0.5) is 0 Å². The Kier molecular flexibility index (Phi) is 6.80. The van der Waals surface area contributed by atoms with Crippen molar-refractivity contribution in [3.8, 4) is 11.1 Å². The van der Waals surface area contributed by atoms with Crippen molar-refractivity contribution in [2.45, 2.75) is 62.6 Å². The lowest BCUT2D eigenvalue weighted by Gasteiger charge is -2.37. The Morgan fingerprint density at radius 1 is 0.907 bits per heavy atom. The number of carbonyl (C=O) groups is 2. The number of hydrogen-bond donors (Lipinski definition) is 1. The van der Waals surface area contributed by atoms with Crippen LogP contribution in [0.3, 0.4) is 0 Å². The Bertz CT molecular complexity index is 1730. The molecule has 8 heteroatoms. The molecule has 2 aliphatic heterocycles. The van der Waals surface area contributed by atoms with E-state index in [9.17, 15) is 14.4 Å². The second-order valence-electron chi connectivity index (χ2n) is 13.3. The van der Waals surface area contributed by atoms with Gasteiger partial charge in [0.25, 0.3) is 0 Å². The van der Waals surface area contributed by atoms with Gasteiger partial charge in [0.2, 0.25) is 11.8 Å². The molecule has 3 heterocycles. The number of thioether (sulfide) groups is 1. The number of benzene rings is 3. The maximum Gasteiger partial charge on any atom is 0.326 e. The normalized spacial score (nSPS) is 19.8. The lowest BCUT2D eigenvalue weighted by atomic mass is 9.91. The predicted molar refractivity (Wildman–Crippen MR) is 172 cm³/mol. The number of nitrogens with one attached hydrogen (secondary N) is 1. The predicted octanol–water partition coefficient (Wildman–Crippen LogP) is 6.15. The highest BCUT2D eigenvalue weighted by molar-refractivity contribution is 8.02. The standard InChI is InChI=1S/C35H38N4O3S/c1-34(2,3)18-21-38-32(41)30(43-35(38)26-12-6-4-10-24(26)25-11-5-7-13-27(25)35)22-31(40)37-19-16-23(17-20-37)39-29-15-9-8-14-28(29)36-33(39)42/h4-15,23,30H,16-22H2,1-3H3,(H,36,42). The van der Waals surface area contributed by atoms with E-state index in [-0.39, 0.29) is 35.4 Å². The molecule has 2 saturated heterocycles. The minimum Gasteiger partial charge on any atom is -0.342 e. The monoisotopic (exact) mass is 594 g/mol. The van der Waals surface area contributed by atoms with Gasteiger partial charge in [0.15, 0.2) is 0 Å². The van der Waals surface area contributed by atoms with Crippen molar-refractivity contribution in [3.63, 3.8) is 0 Å². The quantitative estimate of drug-likeness (QED) is 0.301. The van der Waals surface area contributed by atoms with Gasteiger partial charge in [-0.2, -0.15) is 0 Å². The molecule has 0 saturated carbocycles. The fraction of sp³-hybridized carbons (Fsp3) is 0.400. The van der Waals surface area contributed by atoms with Gasteiger partial charge < -0.3 is 14.8 Å². The van der Waals surface area contributed by atoms with E-state index in [1.165, 1.54) is 11.1 Å². The summed E-state index contributed by atoms with van der Waals surface area (Å²) in [5.74, 6) is 0.0669. The van der Waals surface area contributed by atoms with Crippen LogP contribution in [0.1, 0.15) is 63.6 Å². The number of imidazole rings is 1. The Labute approximate surface area is 256 Å². The van der Waals surface area contributed by atoms with Gasteiger partial charge >= 0.3 is 5.69 Å².